The Balaban J connectivity index is 1.42. The Morgan fingerprint density at radius 1 is 1.20 bits per heavy atom. The van der Waals surface area contributed by atoms with Crippen LogP contribution in [-0.2, 0) is 6.54 Å². The van der Waals surface area contributed by atoms with E-state index in [2.05, 4.69) is 21.3 Å². The van der Waals surface area contributed by atoms with E-state index in [-0.39, 0.29) is 17.5 Å². The third-order valence-electron chi connectivity index (χ3n) is 5.38. The third kappa shape index (κ3) is 4.36. The van der Waals surface area contributed by atoms with Crippen molar-refractivity contribution in [2.45, 2.75) is 25.4 Å². The van der Waals surface area contributed by atoms with E-state index in [1.165, 1.54) is 24.3 Å². The van der Waals surface area contributed by atoms with Gasteiger partial charge < -0.3 is 5.32 Å². The summed E-state index contributed by atoms with van der Waals surface area (Å²) in [6.07, 6.45) is 1.84. The van der Waals surface area contributed by atoms with Crippen molar-refractivity contribution < 1.29 is 9.31 Å². The molecule has 0 spiro atoms. The quantitative estimate of drug-likeness (QED) is 0.504. The summed E-state index contributed by atoms with van der Waals surface area (Å²) >= 11 is 0. The van der Waals surface area contributed by atoms with E-state index in [9.17, 15) is 19.8 Å². The molecule has 0 amide bonds. The maximum atomic E-state index is 13.1. The van der Waals surface area contributed by atoms with Crippen LogP contribution in [0.2, 0.25) is 0 Å². The van der Waals surface area contributed by atoms with Gasteiger partial charge in [0.1, 0.15) is 11.6 Å². The molecular formula is C22H20FN5O2. The van der Waals surface area contributed by atoms with Crippen LogP contribution in [0.15, 0.2) is 48.5 Å². The van der Waals surface area contributed by atoms with E-state index in [0.29, 0.717) is 22.3 Å². The number of hydrogen-bond acceptors (Lipinski definition) is 6. The molecule has 8 heteroatoms. The first-order chi connectivity index (χ1) is 14.5. The Hall–Kier alpha value is -3.57. The van der Waals surface area contributed by atoms with E-state index in [1.807, 2.05) is 12.1 Å². The lowest BCUT2D eigenvalue weighted by Crippen LogP contribution is -2.38. The summed E-state index contributed by atoms with van der Waals surface area (Å²) in [7, 11) is 0. The normalized spacial score (nSPS) is 15.1. The molecule has 1 aliphatic rings. The number of nitriles is 1. The molecule has 2 aromatic carbocycles. The van der Waals surface area contributed by atoms with Crippen molar-refractivity contribution >= 4 is 22.4 Å². The van der Waals surface area contributed by atoms with Gasteiger partial charge in [-0.2, -0.15) is 5.26 Å². The molecule has 0 unspecified atom stereocenters. The number of rotatable bonds is 5. The average Bonchev–Trinajstić information content (AvgIpc) is 2.75. The van der Waals surface area contributed by atoms with Gasteiger partial charge in [-0.25, -0.2) is 9.37 Å². The van der Waals surface area contributed by atoms with Gasteiger partial charge in [-0.1, -0.05) is 12.1 Å². The predicted molar refractivity (Wildman–Crippen MR) is 111 cm³/mol. The Morgan fingerprint density at radius 3 is 2.60 bits per heavy atom. The number of hydrogen-bond donors (Lipinski definition) is 1. The smallest absolute Gasteiger partial charge is 0.270 e. The zero-order valence-electron chi connectivity index (χ0n) is 16.2. The molecule has 0 bridgehead atoms. The lowest BCUT2D eigenvalue weighted by Gasteiger charge is -2.32. The highest BCUT2D eigenvalue weighted by Gasteiger charge is 2.20. The van der Waals surface area contributed by atoms with Crippen LogP contribution in [0.1, 0.15) is 24.0 Å². The second kappa shape index (κ2) is 8.43. The maximum Gasteiger partial charge on any atom is 0.270 e. The third-order valence-corrected chi connectivity index (χ3v) is 5.38. The lowest BCUT2D eigenvalue weighted by molar-refractivity contribution is -0.384. The minimum Gasteiger partial charge on any atom is -0.367 e. The van der Waals surface area contributed by atoms with Gasteiger partial charge >= 0.3 is 0 Å². The standard InChI is InChI=1S/C22H20FN5O2/c23-17-3-1-15(2-4-17)14-27-9-7-18(8-10-27)25-22-11-16(13-24)20-12-19(28(29)30)5-6-21(20)26-22/h1-6,11-12,18H,7-10,14H2,(H,25,26). The molecule has 0 radical (unpaired) electrons. The van der Waals surface area contributed by atoms with Gasteiger partial charge in [0, 0.05) is 43.2 Å². The number of nitro groups is 1. The first kappa shape index (κ1) is 19.7. The predicted octanol–water partition coefficient (Wildman–Crippen LogP) is 4.23. The minimum atomic E-state index is -0.480. The molecule has 152 valence electrons. The fourth-order valence-corrected chi connectivity index (χ4v) is 3.79. The zero-order chi connectivity index (χ0) is 21.1. The van der Waals surface area contributed by atoms with Crippen LogP contribution in [0.3, 0.4) is 0 Å². The highest BCUT2D eigenvalue weighted by molar-refractivity contribution is 5.88. The van der Waals surface area contributed by atoms with Crippen molar-refractivity contribution in [2.24, 2.45) is 0 Å². The Morgan fingerprint density at radius 2 is 1.93 bits per heavy atom. The number of non-ortho nitro benzene ring substituents is 1. The van der Waals surface area contributed by atoms with Crippen LogP contribution >= 0.6 is 0 Å². The second-order valence-electron chi connectivity index (χ2n) is 7.45. The number of nitro benzene ring substituents is 1. The van der Waals surface area contributed by atoms with Gasteiger partial charge in [-0.15, -0.1) is 0 Å². The van der Waals surface area contributed by atoms with Crippen LogP contribution in [0.5, 0.6) is 0 Å². The molecule has 3 aromatic rings. The van der Waals surface area contributed by atoms with Crippen molar-refractivity contribution in [1.82, 2.24) is 9.88 Å². The summed E-state index contributed by atoms with van der Waals surface area (Å²) in [6, 6.07) is 14.9. The fourth-order valence-electron chi connectivity index (χ4n) is 3.79. The topological polar surface area (TPSA) is 95.1 Å². The van der Waals surface area contributed by atoms with Crippen molar-refractivity contribution in [3.8, 4) is 6.07 Å². The van der Waals surface area contributed by atoms with Crippen molar-refractivity contribution in [3.63, 3.8) is 0 Å². The number of aromatic nitrogens is 1. The molecule has 1 aliphatic heterocycles. The minimum absolute atomic E-state index is 0.0602. The van der Waals surface area contributed by atoms with Gasteiger partial charge in [-0.3, -0.25) is 15.0 Å². The number of piperidine rings is 1. The van der Waals surface area contributed by atoms with Crippen LogP contribution in [0, 0.1) is 27.3 Å². The molecule has 4 rings (SSSR count). The molecule has 1 saturated heterocycles. The lowest BCUT2D eigenvalue weighted by atomic mass is 10.0. The van der Waals surface area contributed by atoms with Gasteiger partial charge in [0.05, 0.1) is 22.1 Å². The molecule has 0 aliphatic carbocycles. The Kier molecular flexibility index (Phi) is 5.55. The fraction of sp³-hybridized carbons (Fsp3) is 0.273. The average molecular weight is 405 g/mol. The molecule has 1 aromatic heterocycles. The van der Waals surface area contributed by atoms with E-state index < -0.39 is 4.92 Å². The zero-order valence-corrected chi connectivity index (χ0v) is 16.2. The largest absolute Gasteiger partial charge is 0.367 e. The number of pyridine rings is 1. The summed E-state index contributed by atoms with van der Waals surface area (Å²) in [5, 5.41) is 24.4. The van der Waals surface area contributed by atoms with E-state index in [4.69, 9.17) is 0 Å². The molecule has 30 heavy (non-hydrogen) atoms. The molecule has 0 atom stereocenters. The van der Waals surface area contributed by atoms with Gasteiger partial charge in [0.2, 0.25) is 0 Å². The number of fused-ring (bicyclic) bond motifs is 1. The molecule has 0 saturated carbocycles. The molecule has 1 N–H and O–H groups in total. The van der Waals surface area contributed by atoms with E-state index in [1.54, 1.807) is 12.1 Å². The van der Waals surface area contributed by atoms with Crippen LogP contribution < -0.4 is 5.32 Å². The van der Waals surface area contributed by atoms with Crippen LogP contribution in [-0.4, -0.2) is 33.9 Å². The van der Waals surface area contributed by atoms with Crippen LogP contribution in [0.25, 0.3) is 10.9 Å². The summed E-state index contributed by atoms with van der Waals surface area (Å²) in [5.41, 5.74) is 1.94. The number of nitrogens with one attached hydrogen (secondary N) is 1. The van der Waals surface area contributed by atoms with Crippen molar-refractivity contribution in [1.29, 1.82) is 5.26 Å². The maximum absolute atomic E-state index is 13.1. The number of anilines is 1. The number of halogens is 1. The number of likely N-dealkylation sites (tertiary alicyclic amines) is 1. The summed E-state index contributed by atoms with van der Waals surface area (Å²) in [5.74, 6) is 0.376. The first-order valence-corrected chi connectivity index (χ1v) is 9.74. The summed E-state index contributed by atoms with van der Waals surface area (Å²) in [4.78, 5) is 17.4. The van der Waals surface area contributed by atoms with Gasteiger partial charge in [-0.05, 0) is 42.7 Å². The van der Waals surface area contributed by atoms with Gasteiger partial charge in [0.25, 0.3) is 5.69 Å². The molecular weight excluding hydrogens is 385 g/mol. The highest BCUT2D eigenvalue weighted by atomic mass is 19.1. The summed E-state index contributed by atoms with van der Waals surface area (Å²) in [6.45, 7) is 2.60. The first-order valence-electron chi connectivity index (χ1n) is 9.74. The SMILES string of the molecule is N#Cc1cc(NC2CCN(Cc3ccc(F)cc3)CC2)nc2ccc([N+](=O)[O-])cc12. The van der Waals surface area contributed by atoms with Crippen molar-refractivity contribution in [2.75, 3.05) is 18.4 Å². The Labute approximate surface area is 172 Å². The second-order valence-corrected chi connectivity index (χ2v) is 7.45. The Bertz CT molecular complexity index is 1120. The molecule has 2 heterocycles. The van der Waals surface area contributed by atoms with E-state index >= 15 is 0 Å². The number of nitrogens with zero attached hydrogens (tertiary/aromatic N) is 4. The molecule has 7 nitrogen and oxygen atoms in total. The monoisotopic (exact) mass is 405 g/mol. The highest BCUT2D eigenvalue weighted by Crippen LogP contribution is 2.26. The van der Waals surface area contributed by atoms with E-state index in [0.717, 1.165) is 38.0 Å². The summed E-state index contributed by atoms with van der Waals surface area (Å²) < 4.78 is 13.1. The number of benzene rings is 2. The molecule has 1 fully saturated rings. The van der Waals surface area contributed by atoms with Crippen LogP contribution in [0.4, 0.5) is 15.9 Å². The van der Waals surface area contributed by atoms with Crippen molar-refractivity contribution in [3.05, 3.63) is 75.6 Å². The van der Waals surface area contributed by atoms with Gasteiger partial charge in [0.15, 0.2) is 0 Å².